The van der Waals surface area contributed by atoms with Crippen LogP contribution in [0.25, 0.3) is 0 Å². The van der Waals surface area contributed by atoms with E-state index < -0.39 is 0 Å². The Hall–Kier alpha value is -1.59. The van der Waals surface area contributed by atoms with Gasteiger partial charge in [-0.1, -0.05) is 6.07 Å². The number of fused-ring (bicyclic) bond motifs is 1. The molecule has 2 heterocycles. The number of likely N-dealkylation sites (N-methyl/N-ethyl adjacent to an activating group) is 1. The Bertz CT molecular complexity index is 539. The number of nitrogens with zero attached hydrogens (tertiary/aromatic N) is 3. The minimum Gasteiger partial charge on any atom is -0.482 e. The first kappa shape index (κ1) is 15.3. The maximum atomic E-state index is 12.2. The van der Waals surface area contributed by atoms with Crippen LogP contribution in [0.5, 0.6) is 5.75 Å². The number of benzene rings is 1. The van der Waals surface area contributed by atoms with Crippen LogP contribution in [0.3, 0.4) is 0 Å². The highest BCUT2D eigenvalue weighted by Crippen LogP contribution is 2.32. The Balaban J connectivity index is 1.58. The Labute approximate surface area is 132 Å². The number of piperazine rings is 1. The zero-order chi connectivity index (χ0) is 15.5. The van der Waals surface area contributed by atoms with Gasteiger partial charge in [-0.05, 0) is 44.6 Å². The molecule has 5 heteroatoms. The van der Waals surface area contributed by atoms with Gasteiger partial charge in [-0.2, -0.15) is 0 Å². The maximum absolute atomic E-state index is 12.2. The van der Waals surface area contributed by atoms with Gasteiger partial charge < -0.3 is 19.4 Å². The summed E-state index contributed by atoms with van der Waals surface area (Å²) in [5, 5.41) is 0. The van der Waals surface area contributed by atoms with E-state index in [-0.39, 0.29) is 12.5 Å². The third kappa shape index (κ3) is 3.42. The largest absolute Gasteiger partial charge is 0.482 e. The van der Waals surface area contributed by atoms with Crippen LogP contribution in [0.15, 0.2) is 18.2 Å². The van der Waals surface area contributed by atoms with Crippen LogP contribution in [0.1, 0.15) is 12.0 Å². The average molecular weight is 303 g/mol. The molecule has 0 atom stereocenters. The van der Waals surface area contributed by atoms with Gasteiger partial charge in [0.15, 0.2) is 6.61 Å². The van der Waals surface area contributed by atoms with E-state index in [1.807, 2.05) is 30.0 Å². The molecule has 1 aromatic carbocycles. The Morgan fingerprint density at radius 2 is 1.91 bits per heavy atom. The standard InChI is InChI=1S/C17H25N3O2/c1-14-4-5-16-15(12-14)20(17(21)13-22-16)7-3-6-19-10-8-18(2)9-11-19/h4-5,12H,3,6-11,13H2,1-2H3. The second-order valence-corrected chi connectivity index (χ2v) is 6.30. The number of amides is 1. The van der Waals surface area contributed by atoms with Gasteiger partial charge in [0.25, 0.3) is 5.91 Å². The smallest absolute Gasteiger partial charge is 0.265 e. The van der Waals surface area contributed by atoms with Crippen molar-refractivity contribution < 1.29 is 9.53 Å². The number of hydrogen-bond acceptors (Lipinski definition) is 4. The molecule has 0 radical (unpaired) electrons. The SMILES string of the molecule is Cc1ccc2c(c1)N(CCCN1CCN(C)CC1)C(=O)CO2. The second-order valence-electron chi connectivity index (χ2n) is 6.30. The number of carbonyl (C=O) groups excluding carboxylic acids is 1. The van der Waals surface area contributed by atoms with E-state index >= 15 is 0 Å². The van der Waals surface area contributed by atoms with E-state index in [0.717, 1.165) is 62.7 Å². The summed E-state index contributed by atoms with van der Waals surface area (Å²) in [4.78, 5) is 18.9. The zero-order valence-corrected chi connectivity index (χ0v) is 13.5. The van der Waals surface area contributed by atoms with E-state index in [1.54, 1.807) is 0 Å². The molecule has 0 aliphatic carbocycles. The van der Waals surface area contributed by atoms with Crippen molar-refractivity contribution in [2.45, 2.75) is 13.3 Å². The highest BCUT2D eigenvalue weighted by Gasteiger charge is 2.25. The van der Waals surface area contributed by atoms with Gasteiger partial charge in [0.1, 0.15) is 5.75 Å². The number of carbonyl (C=O) groups is 1. The van der Waals surface area contributed by atoms with Gasteiger partial charge in [-0.3, -0.25) is 4.79 Å². The van der Waals surface area contributed by atoms with Crippen LogP contribution in [-0.2, 0) is 4.79 Å². The lowest BCUT2D eigenvalue weighted by molar-refractivity contribution is -0.121. The number of anilines is 1. The molecular weight excluding hydrogens is 278 g/mol. The molecule has 2 aliphatic heterocycles. The molecule has 0 bridgehead atoms. The molecular formula is C17H25N3O2. The van der Waals surface area contributed by atoms with Crippen molar-refractivity contribution in [1.82, 2.24) is 9.80 Å². The van der Waals surface area contributed by atoms with Crippen molar-refractivity contribution in [2.75, 3.05) is 57.8 Å². The van der Waals surface area contributed by atoms with Gasteiger partial charge in [-0.25, -0.2) is 0 Å². The van der Waals surface area contributed by atoms with Gasteiger partial charge in [0.05, 0.1) is 5.69 Å². The fourth-order valence-electron chi connectivity index (χ4n) is 3.08. The number of aryl methyl sites for hydroxylation is 1. The highest BCUT2D eigenvalue weighted by atomic mass is 16.5. The van der Waals surface area contributed by atoms with E-state index in [1.165, 1.54) is 0 Å². The van der Waals surface area contributed by atoms with Gasteiger partial charge in [-0.15, -0.1) is 0 Å². The third-order valence-corrected chi connectivity index (χ3v) is 4.51. The first-order valence-corrected chi connectivity index (χ1v) is 8.08. The van der Waals surface area contributed by atoms with Gasteiger partial charge in [0, 0.05) is 32.7 Å². The summed E-state index contributed by atoms with van der Waals surface area (Å²) in [6, 6.07) is 6.03. The lowest BCUT2D eigenvalue weighted by Crippen LogP contribution is -2.46. The van der Waals surface area contributed by atoms with Gasteiger partial charge >= 0.3 is 0 Å². The van der Waals surface area contributed by atoms with Crippen LogP contribution in [0.2, 0.25) is 0 Å². The minimum atomic E-state index is 0.0662. The van der Waals surface area contributed by atoms with E-state index in [0.29, 0.717) is 0 Å². The molecule has 0 unspecified atom stereocenters. The van der Waals surface area contributed by atoms with Crippen LogP contribution in [0, 0.1) is 6.92 Å². The van der Waals surface area contributed by atoms with E-state index in [9.17, 15) is 4.79 Å². The van der Waals surface area contributed by atoms with Gasteiger partial charge in [0.2, 0.25) is 0 Å². The lowest BCUT2D eigenvalue weighted by Gasteiger charge is -2.34. The topological polar surface area (TPSA) is 36.0 Å². The Morgan fingerprint density at radius 1 is 1.14 bits per heavy atom. The molecule has 1 aromatic rings. The van der Waals surface area contributed by atoms with Crippen LogP contribution < -0.4 is 9.64 Å². The average Bonchev–Trinajstić information content (AvgIpc) is 2.51. The number of ether oxygens (including phenoxy) is 1. The minimum absolute atomic E-state index is 0.0662. The molecule has 3 rings (SSSR count). The van der Waals surface area contributed by atoms with Crippen molar-refractivity contribution in [3.05, 3.63) is 23.8 Å². The van der Waals surface area contributed by atoms with Crippen molar-refractivity contribution in [1.29, 1.82) is 0 Å². The van der Waals surface area contributed by atoms with Crippen molar-refractivity contribution in [3.63, 3.8) is 0 Å². The predicted octanol–water partition coefficient (Wildman–Crippen LogP) is 1.36. The van der Waals surface area contributed by atoms with Crippen molar-refractivity contribution >= 4 is 11.6 Å². The summed E-state index contributed by atoms with van der Waals surface area (Å²) in [5.74, 6) is 0.890. The summed E-state index contributed by atoms with van der Waals surface area (Å²) in [6.45, 7) is 8.56. The van der Waals surface area contributed by atoms with Crippen LogP contribution >= 0.6 is 0 Å². The molecule has 120 valence electrons. The zero-order valence-electron chi connectivity index (χ0n) is 13.5. The summed E-state index contributed by atoms with van der Waals surface area (Å²) in [7, 11) is 2.17. The predicted molar refractivity (Wildman–Crippen MR) is 87.6 cm³/mol. The summed E-state index contributed by atoms with van der Waals surface area (Å²) in [5.41, 5.74) is 2.08. The van der Waals surface area contributed by atoms with Crippen LogP contribution in [0.4, 0.5) is 5.69 Å². The lowest BCUT2D eigenvalue weighted by atomic mass is 10.1. The third-order valence-electron chi connectivity index (χ3n) is 4.51. The quantitative estimate of drug-likeness (QED) is 0.841. The molecule has 0 N–H and O–H groups in total. The molecule has 2 aliphatic rings. The highest BCUT2D eigenvalue weighted by molar-refractivity contribution is 5.97. The first-order valence-electron chi connectivity index (χ1n) is 8.08. The van der Waals surface area contributed by atoms with E-state index in [2.05, 4.69) is 16.8 Å². The molecule has 0 spiro atoms. The molecule has 5 nitrogen and oxygen atoms in total. The van der Waals surface area contributed by atoms with Crippen molar-refractivity contribution in [2.24, 2.45) is 0 Å². The normalized spacial score (nSPS) is 19.9. The molecule has 0 saturated carbocycles. The van der Waals surface area contributed by atoms with Crippen molar-refractivity contribution in [3.8, 4) is 5.75 Å². The fourth-order valence-corrected chi connectivity index (χ4v) is 3.08. The second kappa shape index (κ2) is 6.67. The molecule has 0 aromatic heterocycles. The summed E-state index contributed by atoms with van der Waals surface area (Å²) >= 11 is 0. The molecule has 22 heavy (non-hydrogen) atoms. The Morgan fingerprint density at radius 3 is 2.68 bits per heavy atom. The number of rotatable bonds is 4. The Kier molecular flexibility index (Phi) is 4.64. The first-order chi connectivity index (χ1) is 10.6. The van der Waals surface area contributed by atoms with Crippen LogP contribution in [-0.4, -0.2) is 68.6 Å². The molecule has 1 amide bonds. The molecule has 1 saturated heterocycles. The monoisotopic (exact) mass is 303 g/mol. The fraction of sp³-hybridized carbons (Fsp3) is 0.588. The number of hydrogen-bond donors (Lipinski definition) is 0. The summed E-state index contributed by atoms with van der Waals surface area (Å²) < 4.78 is 5.52. The maximum Gasteiger partial charge on any atom is 0.265 e. The van der Waals surface area contributed by atoms with E-state index in [4.69, 9.17) is 4.74 Å². The molecule has 1 fully saturated rings. The summed E-state index contributed by atoms with van der Waals surface area (Å²) in [6.07, 6.45) is 1.00.